The zero-order valence-corrected chi connectivity index (χ0v) is 17.3. The molecule has 0 N–H and O–H groups in total. The Morgan fingerprint density at radius 2 is 1.93 bits per heavy atom. The molecule has 0 aliphatic carbocycles. The summed E-state index contributed by atoms with van der Waals surface area (Å²) in [5.74, 6) is 0.716. The minimum atomic E-state index is -0.139. The van der Waals surface area contributed by atoms with Crippen LogP contribution in [0.5, 0.6) is 0 Å². The fourth-order valence-corrected chi connectivity index (χ4v) is 4.06. The van der Waals surface area contributed by atoms with Crippen LogP contribution in [0, 0.1) is 6.92 Å². The standard InChI is InChI=1S/C23H18ClN3OS/c1-16-7-6-12-27-21(16)26-22(29-15-17-8-3-2-4-9-17)20(23(27)28)14-25-19-11-5-10-18(24)13-19/h2-14H,15H2,1H3. The smallest absolute Gasteiger partial charge is 0.267 e. The van der Waals surface area contributed by atoms with Gasteiger partial charge in [0, 0.05) is 23.2 Å². The van der Waals surface area contributed by atoms with Crippen molar-refractivity contribution in [2.45, 2.75) is 17.7 Å². The topological polar surface area (TPSA) is 46.7 Å². The number of benzene rings is 2. The van der Waals surface area contributed by atoms with E-state index in [0.29, 0.717) is 32.7 Å². The van der Waals surface area contributed by atoms with E-state index in [1.165, 1.54) is 17.3 Å². The van der Waals surface area contributed by atoms with Gasteiger partial charge in [0.05, 0.1) is 11.3 Å². The molecule has 4 rings (SSSR count). The van der Waals surface area contributed by atoms with Crippen molar-refractivity contribution in [1.82, 2.24) is 9.38 Å². The van der Waals surface area contributed by atoms with Crippen molar-refractivity contribution in [3.05, 3.63) is 105 Å². The van der Waals surface area contributed by atoms with E-state index in [-0.39, 0.29) is 5.56 Å². The maximum absolute atomic E-state index is 13.2. The molecule has 2 aromatic heterocycles. The predicted molar refractivity (Wildman–Crippen MR) is 121 cm³/mol. The highest BCUT2D eigenvalue weighted by atomic mass is 35.5. The first-order valence-electron chi connectivity index (χ1n) is 9.10. The van der Waals surface area contributed by atoms with E-state index < -0.39 is 0 Å². The summed E-state index contributed by atoms with van der Waals surface area (Å²) in [6.45, 7) is 1.95. The first kappa shape index (κ1) is 19.4. The third-order valence-corrected chi connectivity index (χ3v) is 5.72. The summed E-state index contributed by atoms with van der Waals surface area (Å²) in [6.07, 6.45) is 3.32. The minimum Gasteiger partial charge on any atom is -0.268 e. The number of hydrogen-bond donors (Lipinski definition) is 0. The van der Waals surface area contributed by atoms with Crippen LogP contribution < -0.4 is 5.56 Å². The number of nitrogens with zero attached hydrogens (tertiary/aromatic N) is 3. The summed E-state index contributed by atoms with van der Waals surface area (Å²) >= 11 is 7.58. The molecule has 29 heavy (non-hydrogen) atoms. The average Bonchev–Trinajstić information content (AvgIpc) is 2.73. The van der Waals surface area contributed by atoms with Crippen LogP contribution in [-0.4, -0.2) is 15.6 Å². The summed E-state index contributed by atoms with van der Waals surface area (Å²) in [6, 6.07) is 21.1. The molecule has 2 aromatic carbocycles. The zero-order chi connectivity index (χ0) is 20.2. The molecule has 0 aliphatic rings. The lowest BCUT2D eigenvalue weighted by Gasteiger charge is -2.09. The fraction of sp³-hybridized carbons (Fsp3) is 0.0870. The lowest BCUT2D eigenvalue weighted by molar-refractivity contribution is 0.968. The molecule has 4 aromatic rings. The van der Waals surface area contributed by atoms with Gasteiger partial charge in [-0.25, -0.2) is 4.98 Å². The highest BCUT2D eigenvalue weighted by molar-refractivity contribution is 7.98. The SMILES string of the molecule is Cc1cccn2c(=O)c(C=Nc3cccc(Cl)c3)c(SCc3ccccc3)nc12. The van der Waals surface area contributed by atoms with Gasteiger partial charge in [-0.2, -0.15) is 0 Å². The van der Waals surface area contributed by atoms with Gasteiger partial charge in [-0.3, -0.25) is 14.2 Å². The molecule has 0 aliphatic heterocycles. The Bertz CT molecular complexity index is 1250. The Morgan fingerprint density at radius 3 is 2.72 bits per heavy atom. The van der Waals surface area contributed by atoms with Gasteiger partial charge >= 0.3 is 0 Å². The van der Waals surface area contributed by atoms with Crippen molar-refractivity contribution in [2.24, 2.45) is 4.99 Å². The number of fused-ring (bicyclic) bond motifs is 1. The number of aliphatic imine (C=N–C) groups is 1. The quantitative estimate of drug-likeness (QED) is 0.237. The molecule has 0 fully saturated rings. The Kier molecular flexibility index (Phi) is 5.79. The Labute approximate surface area is 177 Å². The van der Waals surface area contributed by atoms with E-state index in [9.17, 15) is 4.79 Å². The maximum atomic E-state index is 13.2. The molecule has 2 heterocycles. The molecule has 0 amide bonds. The summed E-state index contributed by atoms with van der Waals surface area (Å²) in [5.41, 5.74) is 3.79. The van der Waals surface area contributed by atoms with Crippen molar-refractivity contribution >= 4 is 40.9 Å². The molecule has 4 nitrogen and oxygen atoms in total. The number of aryl methyl sites for hydroxylation is 1. The molecule has 0 saturated carbocycles. The van der Waals surface area contributed by atoms with E-state index >= 15 is 0 Å². The van der Waals surface area contributed by atoms with Gasteiger partial charge in [0.2, 0.25) is 0 Å². The number of thioether (sulfide) groups is 1. The second-order valence-corrected chi connectivity index (χ2v) is 7.93. The average molecular weight is 420 g/mol. The van der Waals surface area contributed by atoms with Crippen molar-refractivity contribution in [2.75, 3.05) is 0 Å². The molecule has 0 saturated heterocycles. The predicted octanol–water partition coefficient (Wildman–Crippen LogP) is 5.70. The number of hydrogen-bond acceptors (Lipinski definition) is 4. The number of halogens is 1. The highest BCUT2D eigenvalue weighted by Gasteiger charge is 2.13. The molecule has 6 heteroatoms. The van der Waals surface area contributed by atoms with E-state index in [1.54, 1.807) is 28.9 Å². The van der Waals surface area contributed by atoms with Crippen LogP contribution in [0.25, 0.3) is 5.65 Å². The molecule has 0 unspecified atom stereocenters. The monoisotopic (exact) mass is 419 g/mol. The first-order chi connectivity index (χ1) is 14.1. The van der Waals surface area contributed by atoms with Crippen LogP contribution in [0.4, 0.5) is 5.69 Å². The van der Waals surface area contributed by atoms with Crippen LogP contribution >= 0.6 is 23.4 Å². The van der Waals surface area contributed by atoms with E-state index in [1.807, 2.05) is 49.4 Å². The van der Waals surface area contributed by atoms with Gasteiger partial charge in [0.1, 0.15) is 10.7 Å². The minimum absolute atomic E-state index is 0.139. The molecule has 0 spiro atoms. The van der Waals surface area contributed by atoms with Gasteiger partial charge in [0.25, 0.3) is 5.56 Å². The molecular formula is C23H18ClN3OS. The summed E-state index contributed by atoms with van der Waals surface area (Å²) in [5, 5.41) is 1.27. The van der Waals surface area contributed by atoms with Crippen molar-refractivity contribution in [1.29, 1.82) is 0 Å². The molecular weight excluding hydrogens is 402 g/mol. The fourth-order valence-electron chi connectivity index (χ4n) is 2.93. The normalized spacial score (nSPS) is 11.4. The van der Waals surface area contributed by atoms with Crippen LogP contribution in [0.3, 0.4) is 0 Å². The van der Waals surface area contributed by atoms with Crippen LogP contribution in [0.1, 0.15) is 16.7 Å². The number of aromatic nitrogens is 2. The van der Waals surface area contributed by atoms with E-state index in [4.69, 9.17) is 16.6 Å². The van der Waals surface area contributed by atoms with Crippen LogP contribution in [0.2, 0.25) is 5.02 Å². The Morgan fingerprint density at radius 1 is 1.10 bits per heavy atom. The summed E-state index contributed by atoms with van der Waals surface area (Å²) in [4.78, 5) is 22.4. The zero-order valence-electron chi connectivity index (χ0n) is 15.7. The maximum Gasteiger partial charge on any atom is 0.267 e. The second kappa shape index (κ2) is 8.64. The Balaban J connectivity index is 1.79. The van der Waals surface area contributed by atoms with Gasteiger partial charge in [-0.1, -0.05) is 54.1 Å². The third kappa shape index (κ3) is 4.42. The van der Waals surface area contributed by atoms with Gasteiger partial charge in [0.15, 0.2) is 0 Å². The molecule has 0 atom stereocenters. The van der Waals surface area contributed by atoms with Crippen LogP contribution in [0.15, 0.2) is 87.7 Å². The van der Waals surface area contributed by atoms with Crippen molar-refractivity contribution in [3.8, 4) is 0 Å². The Hall–Kier alpha value is -2.89. The summed E-state index contributed by atoms with van der Waals surface area (Å²) < 4.78 is 1.57. The molecule has 0 radical (unpaired) electrons. The van der Waals surface area contributed by atoms with E-state index in [0.717, 1.165) is 5.56 Å². The number of pyridine rings is 1. The second-order valence-electron chi connectivity index (χ2n) is 6.53. The van der Waals surface area contributed by atoms with E-state index in [2.05, 4.69) is 17.1 Å². The molecule has 144 valence electrons. The third-order valence-electron chi connectivity index (χ3n) is 4.42. The largest absolute Gasteiger partial charge is 0.268 e. The van der Waals surface area contributed by atoms with Crippen molar-refractivity contribution in [3.63, 3.8) is 0 Å². The first-order valence-corrected chi connectivity index (χ1v) is 10.5. The van der Waals surface area contributed by atoms with Gasteiger partial charge < -0.3 is 0 Å². The highest BCUT2D eigenvalue weighted by Crippen LogP contribution is 2.24. The summed E-state index contributed by atoms with van der Waals surface area (Å²) in [7, 11) is 0. The lowest BCUT2D eigenvalue weighted by Crippen LogP contribution is -2.21. The van der Waals surface area contributed by atoms with Crippen LogP contribution in [-0.2, 0) is 5.75 Å². The van der Waals surface area contributed by atoms with Crippen molar-refractivity contribution < 1.29 is 0 Å². The molecule has 0 bridgehead atoms. The number of rotatable bonds is 5. The van der Waals surface area contributed by atoms with Gasteiger partial charge in [-0.05, 0) is 42.3 Å². The lowest BCUT2D eigenvalue weighted by atomic mass is 10.2. The van der Waals surface area contributed by atoms with Gasteiger partial charge in [-0.15, -0.1) is 11.8 Å².